The zero-order valence-corrected chi connectivity index (χ0v) is 18.1. The molecule has 4 aromatic rings. The third kappa shape index (κ3) is 4.76. The summed E-state index contributed by atoms with van der Waals surface area (Å²) in [6, 6.07) is 39.9. The first kappa shape index (κ1) is 21.0. The number of nitrogens with zero attached hydrogens (tertiary/aromatic N) is 1. The second kappa shape index (κ2) is 9.29. The highest BCUT2D eigenvalue weighted by atomic mass is 32.2. The number of hydrogen-bond acceptors (Lipinski definition) is 2. The van der Waals surface area contributed by atoms with Crippen LogP contribution in [0.5, 0.6) is 0 Å². The zero-order valence-electron chi connectivity index (χ0n) is 17.3. The molecule has 0 bridgehead atoms. The average molecular weight is 427 g/mol. The summed E-state index contributed by atoms with van der Waals surface area (Å²) >= 11 is 0. The number of nitrogens with two attached hydrogens (primary N) is 1. The average Bonchev–Trinajstić information content (AvgIpc) is 2.84. The van der Waals surface area contributed by atoms with Gasteiger partial charge in [-0.2, -0.15) is 0 Å². The maximum atomic E-state index is 13.7. The van der Waals surface area contributed by atoms with Crippen molar-refractivity contribution in [1.29, 1.82) is 0 Å². The van der Waals surface area contributed by atoms with E-state index in [0.717, 1.165) is 22.3 Å². The van der Waals surface area contributed by atoms with Gasteiger partial charge in [0.15, 0.2) is 0 Å². The molecule has 0 aliphatic heterocycles. The van der Waals surface area contributed by atoms with Gasteiger partial charge in [-0.1, -0.05) is 121 Å². The molecule has 1 unspecified atom stereocenters. The Morgan fingerprint density at radius 2 is 0.968 bits per heavy atom. The van der Waals surface area contributed by atoms with Crippen molar-refractivity contribution in [3.05, 3.63) is 144 Å². The molecule has 0 spiro atoms. The van der Waals surface area contributed by atoms with Crippen LogP contribution >= 0.6 is 0 Å². The van der Waals surface area contributed by atoms with Crippen LogP contribution in [0.3, 0.4) is 0 Å². The van der Waals surface area contributed by atoms with E-state index in [-0.39, 0.29) is 5.75 Å². The molecule has 4 heteroatoms. The van der Waals surface area contributed by atoms with Gasteiger partial charge in [-0.05, 0) is 28.7 Å². The maximum Gasteiger partial charge on any atom is 0.146 e. The van der Waals surface area contributed by atoms with Gasteiger partial charge in [-0.25, -0.2) is 13.7 Å². The van der Waals surface area contributed by atoms with Crippen LogP contribution in [0.1, 0.15) is 22.3 Å². The Balaban J connectivity index is 1.91. The summed E-state index contributed by atoms with van der Waals surface area (Å²) in [6.07, 6.45) is 0.605. The summed E-state index contributed by atoms with van der Waals surface area (Å²) in [6.45, 7) is 0. The minimum Gasteiger partial charge on any atom is -0.245 e. The van der Waals surface area contributed by atoms with E-state index in [2.05, 4.69) is 0 Å². The lowest BCUT2D eigenvalue weighted by atomic mass is 9.78. The van der Waals surface area contributed by atoms with E-state index in [4.69, 9.17) is 9.50 Å². The third-order valence-corrected chi connectivity index (χ3v) is 6.76. The topological polar surface area (TPSA) is 55.5 Å². The maximum absolute atomic E-state index is 13.7. The summed E-state index contributed by atoms with van der Waals surface area (Å²) in [7, 11) is -3.01. The summed E-state index contributed by atoms with van der Waals surface area (Å²) in [5.41, 5.74) is 2.94. The van der Waals surface area contributed by atoms with Crippen LogP contribution < -0.4 is 5.14 Å². The molecule has 31 heavy (non-hydrogen) atoms. The molecule has 156 valence electrons. The van der Waals surface area contributed by atoms with Crippen LogP contribution in [0.2, 0.25) is 0 Å². The first-order chi connectivity index (χ1) is 15.1. The summed E-state index contributed by atoms with van der Waals surface area (Å²) in [5, 5.41) is 6.42. The molecule has 3 nitrogen and oxygen atoms in total. The lowest BCUT2D eigenvalue weighted by molar-refractivity contribution is 0.635. The van der Waals surface area contributed by atoms with Crippen LogP contribution in [0.4, 0.5) is 0 Å². The Kier molecular flexibility index (Phi) is 6.31. The highest BCUT2D eigenvalue weighted by Crippen LogP contribution is 2.41. The van der Waals surface area contributed by atoms with E-state index < -0.39 is 15.5 Å². The Hall–Kier alpha value is -3.21. The van der Waals surface area contributed by atoms with Crippen LogP contribution in [0.15, 0.2) is 126 Å². The smallest absolute Gasteiger partial charge is 0.146 e. The van der Waals surface area contributed by atoms with Crippen LogP contribution in [0.25, 0.3) is 0 Å². The minimum absolute atomic E-state index is 0.283. The van der Waals surface area contributed by atoms with Crippen molar-refractivity contribution in [2.24, 2.45) is 9.50 Å². The number of hydrogen-bond donors (Lipinski definition) is 1. The van der Waals surface area contributed by atoms with E-state index in [9.17, 15) is 4.21 Å². The van der Waals surface area contributed by atoms with E-state index in [1.54, 1.807) is 0 Å². The Bertz CT molecular complexity index is 1120. The molecule has 4 aromatic carbocycles. The van der Waals surface area contributed by atoms with Gasteiger partial charge in [0.05, 0.1) is 0 Å². The van der Waals surface area contributed by atoms with Crippen molar-refractivity contribution < 1.29 is 4.21 Å². The molecule has 0 radical (unpaired) electrons. The van der Waals surface area contributed by atoms with Crippen LogP contribution in [-0.4, -0.2) is 9.96 Å². The fourth-order valence-corrected chi connectivity index (χ4v) is 5.28. The molecule has 0 fully saturated rings. The van der Waals surface area contributed by atoms with E-state index in [1.807, 2.05) is 121 Å². The molecule has 4 rings (SSSR count). The second-order valence-electron chi connectivity index (χ2n) is 7.53. The minimum atomic E-state index is -3.01. The predicted octanol–water partition coefficient (Wildman–Crippen LogP) is 5.56. The molecular formula is C27H26N2OS. The highest BCUT2D eigenvalue weighted by Gasteiger charge is 2.37. The van der Waals surface area contributed by atoms with E-state index in [0.29, 0.717) is 6.42 Å². The fraction of sp³-hybridized carbons (Fsp3) is 0.111. The van der Waals surface area contributed by atoms with E-state index in [1.165, 1.54) is 0 Å². The highest BCUT2D eigenvalue weighted by molar-refractivity contribution is 7.91. The van der Waals surface area contributed by atoms with Gasteiger partial charge < -0.3 is 0 Å². The Labute approximate surface area is 184 Å². The lowest BCUT2D eigenvalue weighted by Gasteiger charge is -2.32. The van der Waals surface area contributed by atoms with Gasteiger partial charge >= 0.3 is 0 Å². The SMILES string of the molecule is NS(=O)(CCc1ccccc1)=NC(c1ccccc1)(c1ccccc1)c1ccccc1. The van der Waals surface area contributed by atoms with Gasteiger partial charge in [0.1, 0.15) is 15.5 Å². The fourth-order valence-electron chi connectivity index (χ4n) is 3.88. The number of benzene rings is 4. The first-order valence-electron chi connectivity index (χ1n) is 10.3. The normalized spacial score (nSPS) is 13.3. The molecule has 0 saturated heterocycles. The molecule has 2 N–H and O–H groups in total. The van der Waals surface area contributed by atoms with Crippen molar-refractivity contribution in [3.8, 4) is 0 Å². The van der Waals surface area contributed by atoms with Crippen molar-refractivity contribution in [2.75, 3.05) is 5.75 Å². The largest absolute Gasteiger partial charge is 0.245 e. The molecule has 0 heterocycles. The summed E-state index contributed by atoms with van der Waals surface area (Å²) in [4.78, 5) is 0. The molecule has 0 aliphatic carbocycles. The molecular weight excluding hydrogens is 400 g/mol. The van der Waals surface area contributed by atoms with Gasteiger partial charge in [0.25, 0.3) is 0 Å². The summed E-state index contributed by atoms with van der Waals surface area (Å²) in [5.74, 6) is 0.283. The first-order valence-corrected chi connectivity index (χ1v) is 12.1. The Morgan fingerprint density at radius 1 is 0.613 bits per heavy atom. The molecule has 0 saturated carbocycles. The quantitative estimate of drug-likeness (QED) is 0.386. The van der Waals surface area contributed by atoms with Gasteiger partial charge in [-0.15, -0.1) is 0 Å². The third-order valence-electron chi connectivity index (χ3n) is 5.39. The van der Waals surface area contributed by atoms with Crippen molar-refractivity contribution in [1.82, 2.24) is 0 Å². The van der Waals surface area contributed by atoms with Crippen LogP contribution in [0, 0.1) is 0 Å². The van der Waals surface area contributed by atoms with Gasteiger partial charge in [-0.3, -0.25) is 0 Å². The second-order valence-corrected chi connectivity index (χ2v) is 9.50. The predicted molar refractivity (Wildman–Crippen MR) is 129 cm³/mol. The molecule has 0 amide bonds. The van der Waals surface area contributed by atoms with Gasteiger partial charge in [0, 0.05) is 5.75 Å². The Morgan fingerprint density at radius 3 is 1.35 bits per heavy atom. The van der Waals surface area contributed by atoms with Crippen LogP contribution in [-0.2, 0) is 21.9 Å². The number of rotatable bonds is 7. The van der Waals surface area contributed by atoms with Crippen molar-refractivity contribution in [2.45, 2.75) is 12.0 Å². The molecule has 1 atom stereocenters. The zero-order chi connectivity index (χ0) is 21.6. The van der Waals surface area contributed by atoms with E-state index >= 15 is 0 Å². The lowest BCUT2D eigenvalue weighted by Crippen LogP contribution is -2.32. The van der Waals surface area contributed by atoms with Gasteiger partial charge in [0.2, 0.25) is 0 Å². The molecule has 0 aliphatic rings. The standard InChI is InChI=1S/C27H26N2OS/c28-31(30,22-21-23-13-5-1-6-14-23)29-27(24-15-7-2-8-16-24,25-17-9-3-10-18-25)26-19-11-4-12-20-26/h1-20H,21-22H2,(H2,28,29,30). The monoisotopic (exact) mass is 426 g/mol. The summed E-state index contributed by atoms with van der Waals surface area (Å²) < 4.78 is 18.7. The number of aryl methyl sites for hydroxylation is 1. The molecule has 0 aromatic heterocycles. The van der Waals surface area contributed by atoms with Crippen molar-refractivity contribution in [3.63, 3.8) is 0 Å². The van der Waals surface area contributed by atoms with Crippen molar-refractivity contribution >= 4 is 9.92 Å².